The molecule has 24 heavy (non-hydrogen) atoms. The highest BCUT2D eigenvalue weighted by atomic mass is 32.2. The fourth-order valence-electron chi connectivity index (χ4n) is 2.60. The van der Waals surface area contributed by atoms with Gasteiger partial charge in [-0.15, -0.1) is 11.7 Å². The molecule has 1 fully saturated rings. The normalized spacial score (nSPS) is 25.2. The van der Waals surface area contributed by atoms with Crippen molar-refractivity contribution < 1.29 is 13.5 Å². The van der Waals surface area contributed by atoms with Gasteiger partial charge >= 0.3 is 5.13 Å². The molecule has 1 aromatic rings. The van der Waals surface area contributed by atoms with Crippen LogP contribution >= 0.6 is 11.3 Å². The van der Waals surface area contributed by atoms with Crippen LogP contribution in [0, 0.1) is 5.21 Å². The maximum absolute atomic E-state index is 12.9. The van der Waals surface area contributed by atoms with Gasteiger partial charge in [0.25, 0.3) is 0 Å². The lowest BCUT2D eigenvalue weighted by atomic mass is 10.2. The predicted molar refractivity (Wildman–Crippen MR) is 93.9 cm³/mol. The summed E-state index contributed by atoms with van der Waals surface area (Å²) in [5, 5.41) is 30.4. The number of aliphatic hydroxyl groups excluding tert-OH is 1. The van der Waals surface area contributed by atoms with Crippen molar-refractivity contribution in [3.05, 3.63) is 17.9 Å². The lowest BCUT2D eigenvalue weighted by Gasteiger charge is -2.36. The van der Waals surface area contributed by atoms with Gasteiger partial charge in [0.15, 0.2) is 0 Å². The molecule has 8 nitrogen and oxygen atoms in total. The van der Waals surface area contributed by atoms with E-state index in [2.05, 4.69) is 23.7 Å². The minimum absolute atomic E-state index is 0.00162. The Morgan fingerprint density at radius 1 is 1.46 bits per heavy atom. The summed E-state index contributed by atoms with van der Waals surface area (Å²) in [7, 11) is -3.53. The first kappa shape index (κ1) is 19.4. The largest absolute Gasteiger partial charge is 0.623 e. The third kappa shape index (κ3) is 4.19. The Hall–Kier alpha value is -0.910. The molecule has 0 amide bonds. The molecule has 1 aromatic heterocycles. The molecule has 0 saturated carbocycles. The van der Waals surface area contributed by atoms with E-state index in [1.165, 1.54) is 0 Å². The Morgan fingerprint density at radius 2 is 2.21 bits per heavy atom. The summed E-state index contributed by atoms with van der Waals surface area (Å²) in [4.78, 5) is 1.74. The van der Waals surface area contributed by atoms with Crippen LogP contribution in [0.5, 0.6) is 0 Å². The van der Waals surface area contributed by atoms with Gasteiger partial charge in [-0.05, 0) is 17.8 Å². The summed E-state index contributed by atoms with van der Waals surface area (Å²) >= 11 is 0.761. The number of nitrogens with zero attached hydrogens (tertiary/aromatic N) is 4. The molecule has 0 bridgehead atoms. The monoisotopic (exact) mass is 376 g/mol. The first-order valence-corrected chi connectivity index (χ1v) is 10.5. The lowest BCUT2D eigenvalue weighted by molar-refractivity contribution is 0.0844. The average Bonchev–Trinajstić information content (AvgIpc) is 3.12. The van der Waals surface area contributed by atoms with Gasteiger partial charge < -0.3 is 10.3 Å². The third-order valence-corrected chi connectivity index (χ3v) is 7.23. The summed E-state index contributed by atoms with van der Waals surface area (Å²) in [6, 6.07) is 0. The Balaban J connectivity index is 2.11. The highest BCUT2D eigenvalue weighted by Crippen LogP contribution is 2.34. The van der Waals surface area contributed by atoms with Crippen LogP contribution in [0.1, 0.15) is 32.6 Å². The molecule has 0 aliphatic carbocycles. The van der Waals surface area contributed by atoms with Crippen LogP contribution in [0.3, 0.4) is 0 Å². The third-order valence-electron chi connectivity index (χ3n) is 3.95. The number of aliphatic hydroxyl groups is 1. The van der Waals surface area contributed by atoms with Crippen LogP contribution in [0.15, 0.2) is 17.0 Å². The first-order valence-electron chi connectivity index (χ1n) is 8.00. The van der Waals surface area contributed by atoms with Crippen LogP contribution in [-0.2, 0) is 9.84 Å². The van der Waals surface area contributed by atoms with Gasteiger partial charge in [-0.3, -0.25) is 4.65 Å². The second-order valence-electron chi connectivity index (χ2n) is 5.97. The van der Waals surface area contributed by atoms with Gasteiger partial charge in [-0.25, -0.2) is 13.3 Å². The van der Waals surface area contributed by atoms with Gasteiger partial charge in [0.2, 0.25) is 20.4 Å². The second kappa shape index (κ2) is 7.98. The molecule has 1 aliphatic rings. The summed E-state index contributed by atoms with van der Waals surface area (Å²) in [6.07, 6.45) is 3.87. The smallest absolute Gasteiger partial charge is 0.310 e. The van der Waals surface area contributed by atoms with E-state index >= 15 is 0 Å². The highest BCUT2D eigenvalue weighted by molar-refractivity contribution is 7.93. The Morgan fingerprint density at radius 3 is 2.88 bits per heavy atom. The average molecular weight is 377 g/mol. The number of quaternary nitrogens is 1. The number of hydroxylamine groups is 2. The van der Waals surface area contributed by atoms with Gasteiger partial charge in [0.05, 0.1) is 12.3 Å². The van der Waals surface area contributed by atoms with Crippen molar-refractivity contribution in [1.82, 2.24) is 19.7 Å². The molecule has 1 saturated heterocycles. The highest BCUT2D eigenvalue weighted by Gasteiger charge is 2.43. The predicted octanol–water partition coefficient (Wildman–Crippen LogP) is 1.47. The molecular formula is C14H24N4O4S2. The number of rotatable bonds is 9. The molecule has 2 heterocycles. The van der Waals surface area contributed by atoms with E-state index in [1.807, 2.05) is 0 Å². The van der Waals surface area contributed by atoms with Crippen LogP contribution in [0.2, 0.25) is 0 Å². The van der Waals surface area contributed by atoms with Gasteiger partial charge in [-0.1, -0.05) is 37.4 Å². The van der Waals surface area contributed by atoms with Crippen molar-refractivity contribution in [3.8, 4) is 0 Å². The van der Waals surface area contributed by atoms with E-state index in [0.29, 0.717) is 13.0 Å². The summed E-state index contributed by atoms with van der Waals surface area (Å²) in [6.45, 7) is 6.33. The second-order valence-corrected chi connectivity index (χ2v) is 9.21. The quantitative estimate of drug-likeness (QED) is 0.301. The SMILES string of the molecule is C=CCN1CC(O)[N+]([O-])(c2nnc(S(=O)(=O)CCCCCC)s2)C1. The molecular weight excluding hydrogens is 352 g/mol. The van der Waals surface area contributed by atoms with Crippen LogP contribution in [0.25, 0.3) is 0 Å². The van der Waals surface area contributed by atoms with E-state index in [-0.39, 0.29) is 28.4 Å². The molecule has 1 N–H and O–H groups in total. The standard InChI is InChI=1S/C14H24N4O4S2/c1-3-5-6-7-9-24(21,22)14-16-15-13(23-14)18(20)11-17(8-4-2)10-12(18)19/h4,12,19H,2-3,5-11H2,1H3. The molecule has 2 rings (SSSR count). The van der Waals surface area contributed by atoms with E-state index in [4.69, 9.17) is 0 Å². The number of hydrogen-bond donors (Lipinski definition) is 1. The Labute approximate surface area is 146 Å². The first-order chi connectivity index (χ1) is 11.3. The topological polar surface area (TPSA) is 106 Å². The Kier molecular flexibility index (Phi) is 6.46. The summed E-state index contributed by atoms with van der Waals surface area (Å²) in [5.41, 5.74) is 0. The van der Waals surface area contributed by atoms with E-state index in [9.17, 15) is 18.7 Å². The molecule has 136 valence electrons. The fourth-order valence-corrected chi connectivity index (χ4v) is 5.16. The lowest BCUT2D eigenvalue weighted by Crippen LogP contribution is -2.48. The van der Waals surface area contributed by atoms with Crippen molar-refractivity contribution in [2.45, 2.75) is 43.2 Å². The van der Waals surface area contributed by atoms with Gasteiger partial charge in [0, 0.05) is 6.54 Å². The number of β-amino-alcohol motifs (C(OH)–C–C–N with tert-alkyl or cyclic N) is 1. The van der Waals surface area contributed by atoms with Gasteiger partial charge in [0.1, 0.15) is 6.67 Å². The van der Waals surface area contributed by atoms with Crippen LogP contribution in [0.4, 0.5) is 5.13 Å². The van der Waals surface area contributed by atoms with Crippen molar-refractivity contribution in [1.29, 1.82) is 0 Å². The minimum Gasteiger partial charge on any atom is -0.623 e. The zero-order valence-corrected chi connectivity index (χ0v) is 15.4. The fraction of sp³-hybridized carbons (Fsp3) is 0.714. The molecule has 2 unspecified atom stereocenters. The van der Waals surface area contributed by atoms with E-state index in [0.717, 1.165) is 30.6 Å². The molecule has 0 radical (unpaired) electrons. The van der Waals surface area contributed by atoms with E-state index < -0.39 is 20.7 Å². The van der Waals surface area contributed by atoms with Crippen molar-refractivity contribution in [3.63, 3.8) is 0 Å². The number of sulfone groups is 1. The Bertz CT molecular complexity index is 663. The molecule has 0 spiro atoms. The van der Waals surface area contributed by atoms with E-state index in [1.54, 1.807) is 11.0 Å². The van der Waals surface area contributed by atoms with Gasteiger partial charge in [-0.2, -0.15) is 0 Å². The maximum atomic E-state index is 12.9. The number of unbranched alkanes of at least 4 members (excludes halogenated alkanes) is 3. The summed E-state index contributed by atoms with van der Waals surface area (Å²) in [5.74, 6) is 0.00559. The van der Waals surface area contributed by atoms with Crippen LogP contribution < -0.4 is 4.65 Å². The van der Waals surface area contributed by atoms with Crippen molar-refractivity contribution in [2.24, 2.45) is 0 Å². The molecule has 2 atom stereocenters. The molecule has 1 aliphatic heterocycles. The number of aromatic nitrogens is 2. The van der Waals surface area contributed by atoms with Crippen molar-refractivity contribution >= 4 is 26.3 Å². The zero-order chi connectivity index (χ0) is 17.8. The zero-order valence-electron chi connectivity index (χ0n) is 13.8. The summed E-state index contributed by atoms with van der Waals surface area (Å²) < 4.78 is 23.3. The maximum Gasteiger partial charge on any atom is 0.310 e. The van der Waals surface area contributed by atoms with Crippen molar-refractivity contribution in [2.75, 3.05) is 25.5 Å². The minimum atomic E-state index is -3.53. The molecule has 10 heteroatoms. The van der Waals surface area contributed by atoms with Crippen LogP contribution in [-0.4, -0.2) is 60.4 Å². The molecule has 0 aromatic carbocycles. The number of hydrogen-bond acceptors (Lipinski definition) is 8.